The minimum atomic E-state index is -5.05. The van der Waals surface area contributed by atoms with Crippen LogP contribution < -0.4 is 5.32 Å². The van der Waals surface area contributed by atoms with E-state index in [2.05, 4.69) is 0 Å². The van der Waals surface area contributed by atoms with Gasteiger partial charge in [-0.3, -0.25) is 0 Å². The molecule has 0 aliphatic carbocycles. The van der Waals surface area contributed by atoms with Crippen molar-refractivity contribution in [1.29, 1.82) is 0 Å². The minimum absolute atomic E-state index is 0.108. The van der Waals surface area contributed by atoms with E-state index in [1.807, 2.05) is 5.32 Å². The van der Waals surface area contributed by atoms with Gasteiger partial charge in [-0.15, -0.1) is 0 Å². The van der Waals surface area contributed by atoms with Crippen molar-refractivity contribution in [2.24, 2.45) is 0 Å². The maximum atomic E-state index is 13.4. The number of ether oxygens (including phenoxy) is 1. The topological polar surface area (TPSA) is 58.6 Å². The second kappa shape index (κ2) is 7.76. The van der Waals surface area contributed by atoms with Gasteiger partial charge in [-0.2, -0.15) is 13.2 Å². The molecular weight excluding hydrogens is 359 g/mol. The molecule has 0 saturated heterocycles. The first-order valence-corrected chi connectivity index (χ1v) is 7.60. The first kappa shape index (κ1) is 19.1. The van der Waals surface area contributed by atoms with Crippen LogP contribution in [0.1, 0.15) is 11.1 Å². The van der Waals surface area contributed by atoms with Crippen LogP contribution in [-0.2, 0) is 16.9 Å². The van der Waals surface area contributed by atoms with E-state index in [-0.39, 0.29) is 11.6 Å². The zero-order valence-corrected chi connectivity index (χ0v) is 13.6. The molecule has 0 aromatic heterocycles. The highest BCUT2D eigenvalue weighted by molar-refractivity contribution is 6.31. The Balaban J connectivity index is 2.06. The van der Waals surface area contributed by atoms with Crippen molar-refractivity contribution in [2.75, 3.05) is 6.54 Å². The maximum absolute atomic E-state index is 13.4. The van der Waals surface area contributed by atoms with E-state index < -0.39 is 30.0 Å². The lowest BCUT2D eigenvalue weighted by molar-refractivity contribution is -0.263. The fourth-order valence-electron chi connectivity index (χ4n) is 2.12. The van der Waals surface area contributed by atoms with Crippen LogP contribution in [0.25, 0.3) is 0 Å². The number of benzene rings is 2. The van der Waals surface area contributed by atoms with E-state index in [1.54, 1.807) is 30.3 Å². The number of rotatable bonds is 5. The average Bonchev–Trinajstić information content (AvgIpc) is 2.58. The lowest BCUT2D eigenvalue weighted by Gasteiger charge is -2.31. The normalized spacial score (nSPS) is 13.8. The molecule has 1 amide bonds. The van der Waals surface area contributed by atoms with Crippen LogP contribution in [0, 0.1) is 0 Å². The molecule has 0 heterocycles. The Morgan fingerprint density at radius 3 is 2.28 bits per heavy atom. The lowest BCUT2D eigenvalue weighted by atomic mass is 9.93. The first-order valence-electron chi connectivity index (χ1n) is 7.23. The standard InChI is InChI=1S/C17H15ClF3NO3/c18-14-9-5-4-8-13(14)16(24,17(19,20)21)11-22-15(23)25-10-12-6-2-1-3-7-12/h1-9,24H,10-11H2,(H,22,23). The summed E-state index contributed by atoms with van der Waals surface area (Å²) in [5, 5.41) is 11.8. The number of carbonyl (C=O) groups is 1. The molecule has 0 bridgehead atoms. The third kappa shape index (κ3) is 4.64. The Kier molecular flexibility index (Phi) is 5.92. The molecule has 0 radical (unpaired) electrons. The molecule has 134 valence electrons. The number of carbonyl (C=O) groups excluding carboxylic acids is 1. The van der Waals surface area contributed by atoms with Crippen molar-refractivity contribution in [2.45, 2.75) is 18.4 Å². The SMILES string of the molecule is O=C(NCC(O)(c1ccccc1Cl)C(F)(F)F)OCc1ccccc1. The lowest BCUT2D eigenvalue weighted by Crippen LogP contribution is -2.51. The molecule has 2 aromatic rings. The summed E-state index contributed by atoms with van der Waals surface area (Å²) < 4.78 is 45.0. The molecular formula is C17H15ClF3NO3. The molecule has 8 heteroatoms. The summed E-state index contributed by atoms with van der Waals surface area (Å²) in [5.41, 5.74) is -3.21. The van der Waals surface area contributed by atoms with Gasteiger partial charge >= 0.3 is 12.3 Å². The van der Waals surface area contributed by atoms with Gasteiger partial charge in [-0.1, -0.05) is 60.1 Å². The fraction of sp³-hybridized carbons (Fsp3) is 0.235. The quantitative estimate of drug-likeness (QED) is 0.832. The molecule has 0 spiro atoms. The number of alkyl halides is 3. The van der Waals surface area contributed by atoms with E-state index in [4.69, 9.17) is 16.3 Å². The van der Waals surface area contributed by atoms with E-state index in [9.17, 15) is 23.1 Å². The van der Waals surface area contributed by atoms with Crippen molar-refractivity contribution in [3.63, 3.8) is 0 Å². The number of hydrogen-bond acceptors (Lipinski definition) is 3. The van der Waals surface area contributed by atoms with Crippen LogP contribution in [0.3, 0.4) is 0 Å². The Labute approximate surface area is 147 Å². The Morgan fingerprint density at radius 1 is 1.08 bits per heavy atom. The number of amides is 1. The first-order chi connectivity index (χ1) is 11.7. The predicted octanol–water partition coefficient (Wildman–Crippen LogP) is 4.02. The number of halogens is 4. The monoisotopic (exact) mass is 373 g/mol. The summed E-state index contributed by atoms with van der Waals surface area (Å²) in [6.45, 7) is -1.24. The largest absolute Gasteiger partial charge is 0.445 e. The summed E-state index contributed by atoms with van der Waals surface area (Å²) in [7, 11) is 0. The highest BCUT2D eigenvalue weighted by Crippen LogP contribution is 2.41. The van der Waals surface area contributed by atoms with Crippen LogP contribution in [0.5, 0.6) is 0 Å². The summed E-state index contributed by atoms with van der Waals surface area (Å²) in [6.07, 6.45) is -6.14. The molecule has 2 aromatic carbocycles. The Morgan fingerprint density at radius 2 is 1.68 bits per heavy atom. The van der Waals surface area contributed by atoms with E-state index >= 15 is 0 Å². The summed E-state index contributed by atoms with van der Waals surface area (Å²) in [6, 6.07) is 13.7. The molecule has 2 rings (SSSR count). The van der Waals surface area contributed by atoms with Crippen LogP contribution in [0.4, 0.5) is 18.0 Å². The third-order valence-electron chi connectivity index (χ3n) is 3.49. The van der Waals surface area contributed by atoms with Gasteiger partial charge < -0.3 is 15.2 Å². The van der Waals surface area contributed by atoms with Gasteiger partial charge in [0, 0.05) is 10.6 Å². The molecule has 25 heavy (non-hydrogen) atoms. The van der Waals surface area contributed by atoms with Crippen LogP contribution in [0.15, 0.2) is 54.6 Å². The molecule has 0 fully saturated rings. The molecule has 1 unspecified atom stereocenters. The number of nitrogens with one attached hydrogen (secondary N) is 1. The van der Waals surface area contributed by atoms with Gasteiger partial charge in [-0.25, -0.2) is 4.79 Å². The highest BCUT2D eigenvalue weighted by Gasteiger charge is 2.56. The van der Waals surface area contributed by atoms with Crippen LogP contribution in [0.2, 0.25) is 5.02 Å². The smallest absolute Gasteiger partial charge is 0.423 e. The van der Waals surface area contributed by atoms with Crippen molar-refractivity contribution in [3.05, 3.63) is 70.7 Å². The molecule has 1 atom stereocenters. The zero-order chi connectivity index (χ0) is 18.5. The molecule has 0 saturated carbocycles. The van der Waals surface area contributed by atoms with Crippen molar-refractivity contribution < 1.29 is 27.8 Å². The van der Waals surface area contributed by atoms with Crippen molar-refractivity contribution in [3.8, 4) is 0 Å². The summed E-state index contributed by atoms with van der Waals surface area (Å²) in [4.78, 5) is 11.7. The summed E-state index contributed by atoms with van der Waals surface area (Å²) >= 11 is 5.77. The zero-order valence-electron chi connectivity index (χ0n) is 12.9. The second-order valence-corrected chi connectivity index (χ2v) is 5.66. The number of hydrogen-bond donors (Lipinski definition) is 2. The van der Waals surface area contributed by atoms with Gasteiger partial charge in [0.2, 0.25) is 5.60 Å². The Bertz CT molecular complexity index is 725. The number of aliphatic hydroxyl groups is 1. The minimum Gasteiger partial charge on any atom is -0.445 e. The second-order valence-electron chi connectivity index (χ2n) is 5.25. The van der Waals surface area contributed by atoms with Crippen molar-refractivity contribution >= 4 is 17.7 Å². The maximum Gasteiger partial charge on any atom is 0.423 e. The van der Waals surface area contributed by atoms with Crippen molar-refractivity contribution in [1.82, 2.24) is 5.32 Å². The Hall–Kier alpha value is -2.25. The molecule has 4 nitrogen and oxygen atoms in total. The van der Waals surface area contributed by atoms with Crippen LogP contribution in [-0.4, -0.2) is 23.9 Å². The average molecular weight is 374 g/mol. The van der Waals surface area contributed by atoms with Gasteiger partial charge in [0.05, 0.1) is 6.54 Å². The van der Waals surface area contributed by atoms with Crippen LogP contribution >= 0.6 is 11.6 Å². The van der Waals surface area contributed by atoms with Gasteiger partial charge in [0.25, 0.3) is 0 Å². The van der Waals surface area contributed by atoms with E-state index in [1.165, 1.54) is 18.2 Å². The van der Waals surface area contributed by atoms with E-state index in [0.717, 1.165) is 6.07 Å². The number of alkyl carbamates (subject to hydrolysis) is 1. The fourth-order valence-corrected chi connectivity index (χ4v) is 2.41. The molecule has 0 aliphatic rings. The van der Waals surface area contributed by atoms with E-state index in [0.29, 0.717) is 5.56 Å². The predicted molar refractivity (Wildman–Crippen MR) is 86.0 cm³/mol. The van der Waals surface area contributed by atoms with Gasteiger partial charge in [0.1, 0.15) is 6.61 Å². The highest BCUT2D eigenvalue weighted by atomic mass is 35.5. The summed E-state index contributed by atoms with van der Waals surface area (Å²) in [5.74, 6) is 0. The molecule has 2 N–H and O–H groups in total. The third-order valence-corrected chi connectivity index (χ3v) is 3.82. The van der Waals surface area contributed by atoms with Gasteiger partial charge in [0.15, 0.2) is 0 Å². The van der Waals surface area contributed by atoms with Gasteiger partial charge in [-0.05, 0) is 11.6 Å². The molecule has 0 aliphatic heterocycles.